The summed E-state index contributed by atoms with van der Waals surface area (Å²) in [7, 11) is 2.03. The molecule has 0 amide bonds. The topological polar surface area (TPSA) is 36.4 Å². The van der Waals surface area contributed by atoms with Gasteiger partial charge in [0.05, 0.1) is 11.8 Å². The molecule has 0 saturated heterocycles. The highest BCUT2D eigenvalue weighted by atomic mass is 32.1. The van der Waals surface area contributed by atoms with Gasteiger partial charge in [0.2, 0.25) is 0 Å². The molecule has 0 fully saturated rings. The summed E-state index contributed by atoms with van der Waals surface area (Å²) in [5.74, 6) is 0. The fraction of sp³-hybridized carbons (Fsp3) is 0.400. The molecule has 1 aromatic carbocycles. The zero-order chi connectivity index (χ0) is 13.4. The number of rotatable bonds is 2. The van der Waals surface area contributed by atoms with E-state index in [1.807, 2.05) is 7.05 Å². The van der Waals surface area contributed by atoms with Crippen LogP contribution >= 0.6 is 11.3 Å². The normalized spacial score (nSPS) is 18.2. The molecule has 1 N–H and O–H groups in total. The second-order valence-corrected chi connectivity index (χ2v) is 6.17. The first-order chi connectivity index (χ1) is 9.15. The lowest BCUT2D eigenvalue weighted by Gasteiger charge is -2.16. The van der Waals surface area contributed by atoms with Crippen molar-refractivity contribution in [1.82, 2.24) is 4.98 Å². The van der Waals surface area contributed by atoms with Crippen LogP contribution in [0.1, 0.15) is 35.1 Å². The van der Waals surface area contributed by atoms with Crippen molar-refractivity contribution in [2.45, 2.75) is 32.3 Å². The van der Waals surface area contributed by atoms with Crippen LogP contribution in [0.2, 0.25) is 0 Å². The summed E-state index contributed by atoms with van der Waals surface area (Å²) in [4.78, 5) is 7.98. The molecule has 19 heavy (non-hydrogen) atoms. The second-order valence-electron chi connectivity index (χ2n) is 5.11. The van der Waals surface area contributed by atoms with Gasteiger partial charge in [-0.1, -0.05) is 12.1 Å². The Hall–Kier alpha value is -1.39. The lowest BCUT2D eigenvalue weighted by Crippen LogP contribution is -2.10. The van der Waals surface area contributed by atoms with Gasteiger partial charge in [-0.25, -0.2) is 4.98 Å². The number of anilines is 2. The van der Waals surface area contributed by atoms with Gasteiger partial charge in [0.15, 0.2) is 5.13 Å². The maximum absolute atomic E-state index is 10.00. The van der Waals surface area contributed by atoms with Crippen molar-refractivity contribution in [3.05, 3.63) is 40.4 Å². The minimum Gasteiger partial charge on any atom is -0.387 e. The van der Waals surface area contributed by atoms with E-state index < -0.39 is 0 Å². The minimum atomic E-state index is -0.375. The third kappa shape index (κ3) is 2.38. The number of aryl methyl sites for hydroxylation is 2. The number of aromatic nitrogens is 1. The number of fused-ring (bicyclic) bond motifs is 1. The summed E-state index contributed by atoms with van der Waals surface area (Å²) >= 11 is 1.70. The van der Waals surface area contributed by atoms with Crippen LogP contribution in [0.25, 0.3) is 0 Å². The third-order valence-corrected chi connectivity index (χ3v) is 4.80. The van der Waals surface area contributed by atoms with E-state index in [2.05, 4.69) is 41.1 Å². The number of aliphatic hydroxyl groups is 1. The van der Waals surface area contributed by atoms with Crippen molar-refractivity contribution in [2.75, 3.05) is 11.9 Å². The number of benzene rings is 1. The maximum Gasteiger partial charge on any atom is 0.190 e. The van der Waals surface area contributed by atoms with Crippen LogP contribution in [0.5, 0.6) is 0 Å². The molecule has 3 nitrogen and oxygen atoms in total. The van der Waals surface area contributed by atoms with Gasteiger partial charge >= 0.3 is 0 Å². The van der Waals surface area contributed by atoms with E-state index in [1.165, 1.54) is 10.4 Å². The van der Waals surface area contributed by atoms with E-state index in [4.69, 9.17) is 0 Å². The van der Waals surface area contributed by atoms with E-state index in [-0.39, 0.29) is 6.10 Å². The molecule has 1 unspecified atom stereocenters. The molecule has 1 heterocycles. The van der Waals surface area contributed by atoms with Crippen molar-refractivity contribution in [3.8, 4) is 0 Å². The number of aliphatic hydroxyl groups excluding tert-OH is 1. The lowest BCUT2D eigenvalue weighted by atomic mass is 10.0. The summed E-state index contributed by atoms with van der Waals surface area (Å²) in [6, 6.07) is 8.39. The van der Waals surface area contributed by atoms with Gasteiger partial charge in [0.25, 0.3) is 0 Å². The van der Waals surface area contributed by atoms with Crippen molar-refractivity contribution >= 4 is 22.2 Å². The fourth-order valence-corrected chi connectivity index (χ4v) is 3.61. The van der Waals surface area contributed by atoms with Crippen LogP contribution in [0, 0.1) is 6.92 Å². The van der Waals surface area contributed by atoms with Crippen LogP contribution in [0.3, 0.4) is 0 Å². The van der Waals surface area contributed by atoms with Gasteiger partial charge in [-0.3, -0.25) is 0 Å². The standard InChI is InChI=1S/C15H18N2OS/c1-10-5-3-6-11(9-10)17(2)15-16-14-12(18)7-4-8-13(14)19-15/h3,5-6,9,12,18H,4,7-8H2,1-2H3. The van der Waals surface area contributed by atoms with Crippen LogP contribution in [-0.4, -0.2) is 17.1 Å². The number of hydrogen-bond donors (Lipinski definition) is 1. The summed E-state index contributed by atoms with van der Waals surface area (Å²) in [6.45, 7) is 2.09. The monoisotopic (exact) mass is 274 g/mol. The predicted octanol–water partition coefficient (Wildman–Crippen LogP) is 3.59. The largest absolute Gasteiger partial charge is 0.387 e. The summed E-state index contributed by atoms with van der Waals surface area (Å²) in [5.41, 5.74) is 3.28. The van der Waals surface area contributed by atoms with E-state index in [0.717, 1.165) is 35.8 Å². The van der Waals surface area contributed by atoms with E-state index in [1.54, 1.807) is 11.3 Å². The van der Waals surface area contributed by atoms with Crippen LogP contribution in [0.15, 0.2) is 24.3 Å². The Labute approximate surface area is 117 Å². The van der Waals surface area contributed by atoms with E-state index >= 15 is 0 Å². The molecule has 100 valence electrons. The molecule has 0 spiro atoms. The third-order valence-electron chi connectivity index (χ3n) is 3.59. The molecule has 0 bridgehead atoms. The van der Waals surface area contributed by atoms with Crippen LogP contribution in [0.4, 0.5) is 10.8 Å². The number of nitrogens with zero attached hydrogens (tertiary/aromatic N) is 2. The zero-order valence-corrected chi connectivity index (χ0v) is 12.1. The Balaban J connectivity index is 1.94. The molecule has 1 aromatic heterocycles. The quantitative estimate of drug-likeness (QED) is 0.909. The molecular formula is C15H18N2OS. The van der Waals surface area contributed by atoms with Gasteiger partial charge in [0.1, 0.15) is 0 Å². The molecule has 2 aromatic rings. The number of thiazole rings is 1. The first kappa shape index (κ1) is 12.6. The average Bonchev–Trinajstić information content (AvgIpc) is 2.83. The molecule has 0 radical (unpaired) electrons. The Morgan fingerprint density at radius 1 is 1.42 bits per heavy atom. The highest BCUT2D eigenvalue weighted by molar-refractivity contribution is 7.15. The number of hydrogen-bond acceptors (Lipinski definition) is 4. The Morgan fingerprint density at radius 2 is 2.26 bits per heavy atom. The van der Waals surface area contributed by atoms with Crippen molar-refractivity contribution in [1.29, 1.82) is 0 Å². The van der Waals surface area contributed by atoms with Crippen LogP contribution < -0.4 is 4.90 Å². The summed E-state index contributed by atoms with van der Waals surface area (Å²) in [5, 5.41) is 11.0. The summed E-state index contributed by atoms with van der Waals surface area (Å²) < 4.78 is 0. The van der Waals surface area contributed by atoms with E-state index in [9.17, 15) is 5.11 Å². The molecule has 3 rings (SSSR count). The molecule has 1 atom stereocenters. The lowest BCUT2D eigenvalue weighted by molar-refractivity contribution is 0.153. The Bertz CT molecular complexity index is 594. The highest BCUT2D eigenvalue weighted by Gasteiger charge is 2.24. The molecule has 4 heteroatoms. The summed E-state index contributed by atoms with van der Waals surface area (Å²) in [6.07, 6.45) is 2.57. The van der Waals surface area contributed by atoms with Gasteiger partial charge in [-0.05, 0) is 43.9 Å². The SMILES string of the molecule is Cc1cccc(N(C)c2nc3c(s2)CCCC3O)c1. The molecular weight excluding hydrogens is 256 g/mol. The smallest absolute Gasteiger partial charge is 0.190 e. The Kier molecular flexibility index (Phi) is 3.29. The van der Waals surface area contributed by atoms with Gasteiger partial charge in [-0.2, -0.15) is 0 Å². The van der Waals surface area contributed by atoms with Crippen molar-refractivity contribution in [3.63, 3.8) is 0 Å². The van der Waals surface area contributed by atoms with Crippen molar-refractivity contribution < 1.29 is 5.11 Å². The molecule has 1 aliphatic rings. The molecule has 0 saturated carbocycles. The minimum absolute atomic E-state index is 0.375. The first-order valence-corrected chi connectivity index (χ1v) is 7.45. The van der Waals surface area contributed by atoms with E-state index in [0.29, 0.717) is 0 Å². The highest BCUT2D eigenvalue weighted by Crippen LogP contribution is 2.38. The van der Waals surface area contributed by atoms with Crippen LogP contribution in [-0.2, 0) is 6.42 Å². The van der Waals surface area contributed by atoms with Gasteiger partial charge in [0, 0.05) is 17.6 Å². The maximum atomic E-state index is 10.00. The first-order valence-electron chi connectivity index (χ1n) is 6.63. The second kappa shape index (κ2) is 4.94. The molecule has 1 aliphatic carbocycles. The van der Waals surface area contributed by atoms with Gasteiger partial charge < -0.3 is 10.0 Å². The zero-order valence-electron chi connectivity index (χ0n) is 11.3. The van der Waals surface area contributed by atoms with Crippen molar-refractivity contribution in [2.24, 2.45) is 0 Å². The van der Waals surface area contributed by atoms with Gasteiger partial charge in [-0.15, -0.1) is 11.3 Å². The average molecular weight is 274 g/mol. The fourth-order valence-electron chi connectivity index (χ4n) is 2.47. The predicted molar refractivity (Wildman–Crippen MR) is 79.3 cm³/mol. The molecule has 0 aliphatic heterocycles. The Morgan fingerprint density at radius 3 is 3.00 bits per heavy atom.